The zero-order valence-corrected chi connectivity index (χ0v) is 6.10. The summed E-state index contributed by atoms with van der Waals surface area (Å²) in [5, 5.41) is 18.0. The lowest BCUT2D eigenvalue weighted by atomic mass is 10.1. The van der Waals surface area contributed by atoms with E-state index in [-0.39, 0.29) is 18.1 Å². The van der Waals surface area contributed by atoms with E-state index in [1.54, 1.807) is 0 Å². The average molecular weight is 157 g/mol. The number of piperidine rings is 1. The van der Waals surface area contributed by atoms with Crippen LogP contribution in [-0.2, 0) is 0 Å². The summed E-state index contributed by atoms with van der Waals surface area (Å²) < 4.78 is 0. The van der Waals surface area contributed by atoms with Crippen LogP contribution >= 0.6 is 0 Å². The van der Waals surface area contributed by atoms with Crippen LogP contribution in [0.4, 0.5) is 4.79 Å². The zero-order chi connectivity index (χ0) is 8.01. The fourth-order valence-corrected chi connectivity index (χ4v) is 2.16. The maximum absolute atomic E-state index is 10.5. The Balaban J connectivity index is 2.08. The van der Waals surface area contributed by atoms with E-state index in [0.29, 0.717) is 13.0 Å². The van der Waals surface area contributed by atoms with Crippen molar-refractivity contribution in [3.05, 3.63) is 0 Å². The van der Waals surface area contributed by atoms with Gasteiger partial charge in [-0.3, -0.25) is 0 Å². The number of likely N-dealkylation sites (tertiary alicyclic amines) is 1. The number of aliphatic hydroxyl groups is 1. The molecule has 4 heteroatoms. The summed E-state index contributed by atoms with van der Waals surface area (Å²) >= 11 is 0. The van der Waals surface area contributed by atoms with E-state index in [2.05, 4.69) is 0 Å². The lowest BCUT2D eigenvalue weighted by Gasteiger charge is -2.26. The van der Waals surface area contributed by atoms with E-state index in [4.69, 9.17) is 5.11 Å². The third-order valence-electron chi connectivity index (χ3n) is 2.75. The molecule has 1 aliphatic carbocycles. The van der Waals surface area contributed by atoms with Crippen molar-refractivity contribution >= 4 is 6.09 Å². The minimum absolute atomic E-state index is 0.0903. The molecule has 1 aliphatic heterocycles. The third kappa shape index (κ3) is 0.894. The van der Waals surface area contributed by atoms with Crippen LogP contribution in [-0.4, -0.2) is 39.9 Å². The van der Waals surface area contributed by atoms with Crippen molar-refractivity contribution in [1.82, 2.24) is 4.90 Å². The van der Waals surface area contributed by atoms with Crippen LogP contribution in [0.25, 0.3) is 0 Å². The summed E-state index contributed by atoms with van der Waals surface area (Å²) in [7, 11) is 0. The van der Waals surface area contributed by atoms with Gasteiger partial charge in [0, 0.05) is 18.5 Å². The van der Waals surface area contributed by atoms with Gasteiger partial charge >= 0.3 is 6.09 Å². The van der Waals surface area contributed by atoms with Crippen molar-refractivity contribution in [2.75, 3.05) is 6.54 Å². The molecule has 2 aliphatic rings. The summed E-state index contributed by atoms with van der Waals surface area (Å²) in [6.07, 6.45) is 0.393. The first-order valence-corrected chi connectivity index (χ1v) is 3.86. The first-order chi connectivity index (χ1) is 5.18. The summed E-state index contributed by atoms with van der Waals surface area (Å²) in [6, 6.07) is 0.0903. The Labute approximate surface area is 64.4 Å². The molecule has 1 amide bonds. The number of amides is 1. The fraction of sp³-hybridized carbons (Fsp3) is 0.857. The van der Waals surface area contributed by atoms with Gasteiger partial charge in [0.2, 0.25) is 0 Å². The molecule has 2 N–H and O–H groups in total. The highest BCUT2D eigenvalue weighted by Gasteiger charge is 2.45. The topological polar surface area (TPSA) is 60.8 Å². The molecular weight excluding hydrogens is 146 g/mol. The molecule has 2 bridgehead atoms. The number of carbonyl (C=O) groups is 1. The van der Waals surface area contributed by atoms with E-state index >= 15 is 0 Å². The van der Waals surface area contributed by atoms with E-state index in [9.17, 15) is 9.90 Å². The van der Waals surface area contributed by atoms with Crippen LogP contribution < -0.4 is 0 Å². The number of hydrogen-bond acceptors (Lipinski definition) is 2. The van der Waals surface area contributed by atoms with E-state index in [0.717, 1.165) is 6.42 Å². The van der Waals surface area contributed by atoms with Crippen molar-refractivity contribution in [2.24, 2.45) is 5.92 Å². The first kappa shape index (κ1) is 6.91. The molecular formula is C7H11NO3. The predicted octanol–water partition coefficient (Wildman–Crippen LogP) is 0.120. The van der Waals surface area contributed by atoms with Gasteiger partial charge in [0.05, 0.1) is 6.10 Å². The van der Waals surface area contributed by atoms with Crippen molar-refractivity contribution in [3.63, 3.8) is 0 Å². The molecule has 3 atom stereocenters. The Kier molecular flexibility index (Phi) is 1.32. The number of rotatable bonds is 0. The van der Waals surface area contributed by atoms with Gasteiger partial charge in [-0.2, -0.15) is 0 Å². The SMILES string of the molecule is O=C(O)N1CC2CC1C[C@H]2O. The molecule has 0 radical (unpaired) electrons. The Hall–Kier alpha value is -0.770. The van der Waals surface area contributed by atoms with Gasteiger partial charge in [-0.1, -0.05) is 0 Å². The molecule has 0 aromatic rings. The molecule has 1 heterocycles. The van der Waals surface area contributed by atoms with Gasteiger partial charge in [-0.25, -0.2) is 4.79 Å². The van der Waals surface area contributed by atoms with Gasteiger partial charge in [-0.15, -0.1) is 0 Å². The van der Waals surface area contributed by atoms with Crippen LogP contribution in [0, 0.1) is 5.92 Å². The minimum Gasteiger partial charge on any atom is -0.465 e. The zero-order valence-electron chi connectivity index (χ0n) is 6.10. The summed E-state index contributed by atoms with van der Waals surface area (Å²) in [5.74, 6) is 0.205. The molecule has 11 heavy (non-hydrogen) atoms. The van der Waals surface area contributed by atoms with Crippen molar-refractivity contribution in [1.29, 1.82) is 0 Å². The number of aliphatic hydroxyl groups excluding tert-OH is 1. The molecule has 1 saturated carbocycles. The smallest absolute Gasteiger partial charge is 0.407 e. The Morgan fingerprint density at radius 3 is 2.55 bits per heavy atom. The second-order valence-corrected chi connectivity index (χ2v) is 3.39. The van der Waals surface area contributed by atoms with Gasteiger partial charge in [-0.05, 0) is 12.8 Å². The number of fused-ring (bicyclic) bond motifs is 2. The van der Waals surface area contributed by atoms with Crippen LogP contribution in [0.1, 0.15) is 12.8 Å². The number of carboxylic acid groups (broad SMARTS) is 1. The molecule has 0 aromatic carbocycles. The molecule has 0 aromatic heterocycles. The highest BCUT2D eigenvalue weighted by atomic mass is 16.4. The van der Waals surface area contributed by atoms with Gasteiger partial charge in [0.25, 0.3) is 0 Å². The largest absolute Gasteiger partial charge is 0.465 e. The predicted molar refractivity (Wildman–Crippen MR) is 37.2 cm³/mol. The molecule has 62 valence electrons. The maximum atomic E-state index is 10.5. The van der Waals surface area contributed by atoms with Crippen molar-refractivity contribution in [2.45, 2.75) is 25.0 Å². The fourth-order valence-electron chi connectivity index (χ4n) is 2.16. The second-order valence-electron chi connectivity index (χ2n) is 3.39. The molecule has 2 fully saturated rings. The summed E-state index contributed by atoms with van der Waals surface area (Å²) in [4.78, 5) is 12.0. The highest BCUT2D eigenvalue weighted by molar-refractivity contribution is 5.66. The second kappa shape index (κ2) is 2.11. The molecule has 4 nitrogen and oxygen atoms in total. The Bertz CT molecular complexity index is 192. The van der Waals surface area contributed by atoms with Crippen LogP contribution in [0.2, 0.25) is 0 Å². The number of nitrogens with zero attached hydrogens (tertiary/aromatic N) is 1. The molecule has 2 unspecified atom stereocenters. The lowest BCUT2D eigenvalue weighted by Crippen LogP contribution is -2.40. The molecule has 2 rings (SSSR count). The van der Waals surface area contributed by atoms with Crippen LogP contribution in [0.5, 0.6) is 0 Å². The van der Waals surface area contributed by atoms with Crippen molar-refractivity contribution < 1.29 is 15.0 Å². The van der Waals surface area contributed by atoms with Gasteiger partial charge in [0.15, 0.2) is 0 Å². The minimum atomic E-state index is -0.843. The Morgan fingerprint density at radius 2 is 2.18 bits per heavy atom. The van der Waals surface area contributed by atoms with E-state index in [1.807, 2.05) is 0 Å². The highest BCUT2D eigenvalue weighted by Crippen LogP contribution is 2.37. The van der Waals surface area contributed by atoms with E-state index in [1.165, 1.54) is 4.90 Å². The maximum Gasteiger partial charge on any atom is 0.407 e. The van der Waals surface area contributed by atoms with Gasteiger partial charge in [0.1, 0.15) is 0 Å². The molecule has 1 saturated heterocycles. The third-order valence-corrected chi connectivity index (χ3v) is 2.75. The average Bonchev–Trinajstić information content (AvgIpc) is 2.43. The summed E-state index contributed by atoms with van der Waals surface area (Å²) in [6.45, 7) is 0.529. The number of hydrogen-bond donors (Lipinski definition) is 2. The molecule has 0 spiro atoms. The monoisotopic (exact) mass is 157 g/mol. The van der Waals surface area contributed by atoms with Crippen LogP contribution in [0.3, 0.4) is 0 Å². The Morgan fingerprint density at radius 1 is 1.45 bits per heavy atom. The van der Waals surface area contributed by atoms with Crippen LogP contribution in [0.15, 0.2) is 0 Å². The summed E-state index contributed by atoms with van der Waals surface area (Å²) in [5.41, 5.74) is 0. The first-order valence-electron chi connectivity index (χ1n) is 3.86. The van der Waals surface area contributed by atoms with Gasteiger partial charge < -0.3 is 15.1 Å². The van der Waals surface area contributed by atoms with E-state index < -0.39 is 6.09 Å². The normalized spacial score (nSPS) is 41.5. The van der Waals surface area contributed by atoms with Crippen molar-refractivity contribution in [3.8, 4) is 0 Å². The quantitative estimate of drug-likeness (QED) is 0.525. The lowest BCUT2D eigenvalue weighted by molar-refractivity contribution is 0.0705. The standard InChI is InChI=1S/C7H11NO3/c9-6-2-5-1-4(6)3-8(5)7(10)11/h4-6,9H,1-3H2,(H,10,11)/t4?,5?,6-/m1/s1.